The van der Waals surface area contributed by atoms with Gasteiger partial charge in [-0.15, -0.1) is 0 Å². The minimum absolute atomic E-state index is 0.0345. The van der Waals surface area contributed by atoms with E-state index in [0.29, 0.717) is 5.56 Å². The van der Waals surface area contributed by atoms with E-state index in [1.54, 1.807) is 18.2 Å². The zero-order valence-corrected chi connectivity index (χ0v) is 13.2. The van der Waals surface area contributed by atoms with Crippen molar-refractivity contribution in [2.24, 2.45) is 5.10 Å². The molecule has 2 amide bonds. The quantitative estimate of drug-likeness (QED) is 0.432. The fourth-order valence-electron chi connectivity index (χ4n) is 1.93. The molecule has 0 unspecified atom stereocenters. The molecule has 0 saturated carbocycles. The summed E-state index contributed by atoms with van der Waals surface area (Å²) in [6.07, 6.45) is -3.97. The first-order valence-corrected chi connectivity index (χ1v) is 7.33. The number of phenolic OH excluding ortho intramolecular Hbond substituents is 1. The molecule has 2 aromatic carbocycles. The molecule has 0 spiro atoms. The van der Waals surface area contributed by atoms with Crippen LogP contribution >= 0.6 is 0 Å². The highest BCUT2D eigenvalue weighted by Crippen LogP contribution is 2.30. The highest BCUT2D eigenvalue weighted by Gasteiger charge is 2.30. The summed E-state index contributed by atoms with van der Waals surface area (Å²) in [6, 6.07) is 10.3. The van der Waals surface area contributed by atoms with Crippen LogP contribution in [0.2, 0.25) is 0 Å². The van der Waals surface area contributed by atoms with Crippen LogP contribution in [-0.2, 0) is 15.8 Å². The predicted molar refractivity (Wildman–Crippen MR) is 88.5 cm³/mol. The molecule has 0 radical (unpaired) electrons. The first-order valence-electron chi connectivity index (χ1n) is 7.33. The van der Waals surface area contributed by atoms with Crippen molar-refractivity contribution >= 4 is 23.7 Å². The largest absolute Gasteiger partial charge is 0.507 e. The Bertz CT molecular complexity index is 835. The number of halogens is 3. The average molecular weight is 365 g/mol. The molecule has 0 heterocycles. The normalized spacial score (nSPS) is 11.3. The molecule has 3 N–H and O–H groups in total. The van der Waals surface area contributed by atoms with Crippen LogP contribution in [0.1, 0.15) is 17.5 Å². The molecule has 0 atom stereocenters. The number of aromatic hydroxyl groups is 1. The summed E-state index contributed by atoms with van der Waals surface area (Å²) in [4.78, 5) is 23.3. The number of phenols is 1. The number of hydrazone groups is 1. The second-order valence-electron chi connectivity index (χ2n) is 5.16. The number of nitrogens with one attached hydrogen (secondary N) is 2. The molecule has 2 rings (SSSR count). The Morgan fingerprint density at radius 1 is 1.08 bits per heavy atom. The van der Waals surface area contributed by atoms with E-state index in [4.69, 9.17) is 0 Å². The third kappa shape index (κ3) is 5.62. The average Bonchev–Trinajstić information content (AvgIpc) is 2.56. The topological polar surface area (TPSA) is 90.8 Å². The Balaban J connectivity index is 1.88. The van der Waals surface area contributed by atoms with Gasteiger partial charge < -0.3 is 10.4 Å². The fourth-order valence-corrected chi connectivity index (χ4v) is 1.93. The summed E-state index contributed by atoms with van der Waals surface area (Å²) in [6.45, 7) is 0. The van der Waals surface area contributed by atoms with Gasteiger partial charge in [0.25, 0.3) is 0 Å². The number of benzene rings is 2. The molecule has 136 valence electrons. The predicted octanol–water partition coefficient (Wildman–Crippen LogP) is 2.89. The van der Waals surface area contributed by atoms with E-state index >= 15 is 0 Å². The van der Waals surface area contributed by atoms with E-state index in [0.717, 1.165) is 18.2 Å². The molecule has 26 heavy (non-hydrogen) atoms. The van der Waals surface area contributed by atoms with Gasteiger partial charge in [0.05, 0.1) is 11.8 Å². The van der Waals surface area contributed by atoms with Crippen LogP contribution in [0, 0.1) is 0 Å². The first kappa shape index (κ1) is 19.0. The highest BCUT2D eigenvalue weighted by atomic mass is 19.4. The molecule has 9 heteroatoms. The van der Waals surface area contributed by atoms with Crippen LogP contribution in [0.25, 0.3) is 0 Å². The van der Waals surface area contributed by atoms with Gasteiger partial charge in [0, 0.05) is 11.3 Å². The molecule has 0 aliphatic rings. The SMILES string of the molecule is O=C(CC(=O)Nc1cccc(C(F)(F)F)c1)N/N=C/c1ccccc1O. The molecule has 0 aliphatic carbocycles. The number of alkyl halides is 3. The minimum Gasteiger partial charge on any atom is -0.507 e. The summed E-state index contributed by atoms with van der Waals surface area (Å²) in [7, 11) is 0. The highest BCUT2D eigenvalue weighted by molar-refractivity contribution is 6.03. The van der Waals surface area contributed by atoms with Gasteiger partial charge in [0.15, 0.2) is 0 Å². The Morgan fingerprint density at radius 3 is 2.50 bits per heavy atom. The smallest absolute Gasteiger partial charge is 0.416 e. The minimum atomic E-state index is -4.53. The zero-order valence-electron chi connectivity index (χ0n) is 13.2. The van der Waals surface area contributed by atoms with Crippen LogP contribution < -0.4 is 10.7 Å². The second-order valence-corrected chi connectivity index (χ2v) is 5.16. The number of amides is 2. The van der Waals surface area contributed by atoms with Gasteiger partial charge in [0.1, 0.15) is 12.2 Å². The molecule has 2 aromatic rings. The fraction of sp³-hybridized carbons (Fsp3) is 0.118. The van der Waals surface area contributed by atoms with E-state index in [2.05, 4.69) is 15.8 Å². The van der Waals surface area contributed by atoms with Crippen LogP contribution in [0.3, 0.4) is 0 Å². The lowest BCUT2D eigenvalue weighted by Crippen LogP contribution is -2.24. The van der Waals surface area contributed by atoms with Crippen molar-refractivity contribution < 1.29 is 27.9 Å². The maximum absolute atomic E-state index is 12.6. The van der Waals surface area contributed by atoms with Gasteiger partial charge in [-0.1, -0.05) is 18.2 Å². The number of carbonyl (C=O) groups excluding carboxylic acids is 2. The summed E-state index contributed by atoms with van der Waals surface area (Å²) in [5.41, 5.74) is 1.47. The van der Waals surface area contributed by atoms with Crippen LogP contribution in [-0.4, -0.2) is 23.1 Å². The number of anilines is 1. The molecule has 0 fully saturated rings. The van der Waals surface area contributed by atoms with E-state index < -0.39 is 30.0 Å². The number of carbonyl (C=O) groups is 2. The third-order valence-corrected chi connectivity index (χ3v) is 3.12. The maximum atomic E-state index is 12.6. The third-order valence-electron chi connectivity index (χ3n) is 3.12. The van der Waals surface area contributed by atoms with Crippen molar-refractivity contribution in [1.29, 1.82) is 0 Å². The van der Waals surface area contributed by atoms with Crippen molar-refractivity contribution in [2.75, 3.05) is 5.32 Å². The van der Waals surface area contributed by atoms with Crippen LogP contribution in [0.15, 0.2) is 53.6 Å². The van der Waals surface area contributed by atoms with Gasteiger partial charge in [-0.05, 0) is 30.3 Å². The van der Waals surface area contributed by atoms with Crippen LogP contribution in [0.4, 0.5) is 18.9 Å². The zero-order chi connectivity index (χ0) is 19.2. The van der Waals surface area contributed by atoms with Crippen molar-refractivity contribution in [3.63, 3.8) is 0 Å². The summed E-state index contributed by atoms with van der Waals surface area (Å²) < 4.78 is 37.8. The molecule has 0 bridgehead atoms. The monoisotopic (exact) mass is 365 g/mol. The second kappa shape index (κ2) is 8.15. The van der Waals surface area contributed by atoms with Crippen LogP contribution in [0.5, 0.6) is 5.75 Å². The molecular formula is C17H14F3N3O3. The Labute approximate surface area is 146 Å². The van der Waals surface area contributed by atoms with E-state index in [9.17, 15) is 27.9 Å². The van der Waals surface area contributed by atoms with Gasteiger partial charge in [-0.3, -0.25) is 9.59 Å². The number of rotatable bonds is 5. The Kier molecular flexibility index (Phi) is 5.94. The van der Waals surface area contributed by atoms with Gasteiger partial charge in [-0.25, -0.2) is 5.43 Å². The maximum Gasteiger partial charge on any atom is 0.416 e. The Hall–Kier alpha value is -3.36. The lowest BCUT2D eigenvalue weighted by molar-refractivity contribution is -0.137. The van der Waals surface area contributed by atoms with Gasteiger partial charge in [0.2, 0.25) is 11.8 Å². The summed E-state index contributed by atoms with van der Waals surface area (Å²) >= 11 is 0. The summed E-state index contributed by atoms with van der Waals surface area (Å²) in [5.74, 6) is -1.59. The van der Waals surface area contributed by atoms with Crippen molar-refractivity contribution in [3.8, 4) is 5.75 Å². The number of hydrogen-bond acceptors (Lipinski definition) is 4. The molecule has 0 aliphatic heterocycles. The lowest BCUT2D eigenvalue weighted by Gasteiger charge is -2.09. The van der Waals surface area contributed by atoms with Crippen molar-refractivity contribution in [3.05, 3.63) is 59.7 Å². The number of nitrogens with zero attached hydrogens (tertiary/aromatic N) is 1. The molecule has 0 saturated heterocycles. The first-order chi connectivity index (χ1) is 12.3. The van der Waals surface area contributed by atoms with E-state index in [1.165, 1.54) is 18.3 Å². The standard InChI is InChI=1S/C17H14F3N3O3/c18-17(19,20)12-5-3-6-13(8-12)22-15(25)9-16(26)23-21-10-11-4-1-2-7-14(11)24/h1-8,10,24H,9H2,(H,22,25)(H,23,26)/b21-10+. The van der Waals surface area contributed by atoms with E-state index in [-0.39, 0.29) is 11.4 Å². The number of para-hydroxylation sites is 1. The molecular weight excluding hydrogens is 351 g/mol. The van der Waals surface area contributed by atoms with Gasteiger partial charge >= 0.3 is 6.18 Å². The van der Waals surface area contributed by atoms with Crippen molar-refractivity contribution in [1.82, 2.24) is 5.43 Å². The van der Waals surface area contributed by atoms with E-state index in [1.807, 2.05) is 0 Å². The number of hydrogen-bond donors (Lipinski definition) is 3. The van der Waals surface area contributed by atoms with Crippen molar-refractivity contribution in [2.45, 2.75) is 12.6 Å². The Morgan fingerprint density at radius 2 is 1.81 bits per heavy atom. The van der Waals surface area contributed by atoms with Gasteiger partial charge in [-0.2, -0.15) is 18.3 Å². The lowest BCUT2D eigenvalue weighted by atomic mass is 10.2. The summed E-state index contributed by atoms with van der Waals surface area (Å²) in [5, 5.41) is 15.3. The molecule has 0 aromatic heterocycles. The molecule has 6 nitrogen and oxygen atoms in total.